The van der Waals surface area contributed by atoms with Crippen LogP contribution < -0.4 is 0 Å². The average molecular weight is 299 g/mol. The third kappa shape index (κ3) is 12.4. The molecular weight excluding hydrogens is 293 g/mol. The topological polar surface area (TPSA) is 0 Å². The minimum atomic E-state index is -0.106. The van der Waals surface area contributed by atoms with Crippen molar-refractivity contribution in [3.8, 4) is 0 Å². The normalized spacial score (nSPS) is 12.2. The second kappa shape index (κ2) is 12.0. The maximum atomic E-state index is 4.81. The first kappa shape index (κ1) is 12.9. The van der Waals surface area contributed by atoms with Crippen LogP contribution in [0.3, 0.4) is 0 Å². The van der Waals surface area contributed by atoms with Crippen LogP contribution in [0.4, 0.5) is 0 Å². The van der Waals surface area contributed by atoms with Crippen molar-refractivity contribution in [1.29, 1.82) is 0 Å². The van der Waals surface area contributed by atoms with Gasteiger partial charge in [0, 0.05) is 17.1 Å². The standard InChI is InChI=1S/C5H6.2ClH.Fe.Pd/c1-2-4-5-3-1;;;;/h1-4H,5H2;2*1H;;/q;;;;+2/p-2. The molecule has 0 N–H and O–H groups in total. The van der Waals surface area contributed by atoms with Crippen molar-refractivity contribution in [2.75, 3.05) is 0 Å². The van der Waals surface area contributed by atoms with E-state index >= 15 is 0 Å². The van der Waals surface area contributed by atoms with Gasteiger partial charge in [0.25, 0.3) is 0 Å². The second-order valence-electron chi connectivity index (χ2n) is 1.14. The van der Waals surface area contributed by atoms with Crippen molar-refractivity contribution in [2.24, 2.45) is 0 Å². The smallest absolute Gasteiger partial charge is 0 e. The van der Waals surface area contributed by atoms with Crippen molar-refractivity contribution in [3.63, 3.8) is 0 Å². The largest absolute Gasteiger partial charge is 0 e. The predicted octanol–water partition coefficient (Wildman–Crippen LogP) is 2.88. The van der Waals surface area contributed by atoms with Crippen LogP contribution in [-0.4, -0.2) is 0 Å². The van der Waals surface area contributed by atoms with Crippen LogP contribution >= 0.6 is 19.1 Å². The molecule has 1 rings (SSSR count). The van der Waals surface area contributed by atoms with Gasteiger partial charge in [-0.1, -0.05) is 24.3 Å². The molecule has 0 aromatic carbocycles. The second-order valence-corrected chi connectivity index (χ2v) is 3.50. The van der Waals surface area contributed by atoms with Gasteiger partial charge in [0.05, 0.1) is 0 Å². The van der Waals surface area contributed by atoms with Gasteiger partial charge in [-0.15, -0.1) is 0 Å². The Kier molecular flexibility index (Phi) is 17.1. The van der Waals surface area contributed by atoms with Crippen LogP contribution in [0.15, 0.2) is 24.3 Å². The quantitative estimate of drug-likeness (QED) is 0.603. The fraction of sp³-hybridized carbons (Fsp3) is 0.200. The first-order valence-corrected chi connectivity index (χ1v) is 6.06. The van der Waals surface area contributed by atoms with Gasteiger partial charge in [0.15, 0.2) is 0 Å². The van der Waals surface area contributed by atoms with Crippen LogP contribution in [0, 0.1) is 0 Å². The third-order valence-electron chi connectivity index (χ3n) is 0.655. The van der Waals surface area contributed by atoms with E-state index in [1.807, 2.05) is 0 Å². The molecule has 9 heavy (non-hydrogen) atoms. The maximum absolute atomic E-state index is 4.81. The van der Waals surface area contributed by atoms with E-state index in [9.17, 15) is 0 Å². The molecule has 0 spiro atoms. The fourth-order valence-corrected chi connectivity index (χ4v) is 0.393. The summed E-state index contributed by atoms with van der Waals surface area (Å²) in [5.41, 5.74) is 0. The molecule has 1 aliphatic carbocycles. The van der Waals surface area contributed by atoms with Gasteiger partial charge in [-0.05, 0) is 6.42 Å². The molecule has 0 fully saturated rings. The zero-order valence-electron chi connectivity index (χ0n) is 4.44. The van der Waals surface area contributed by atoms with Crippen molar-refractivity contribution in [3.05, 3.63) is 24.3 Å². The number of allylic oxidation sites excluding steroid dienone is 4. The van der Waals surface area contributed by atoms with E-state index < -0.39 is 0 Å². The summed E-state index contributed by atoms with van der Waals surface area (Å²) in [6.45, 7) is 0. The molecule has 0 aromatic heterocycles. The molecule has 58 valence electrons. The Morgan fingerprint density at radius 3 is 1.56 bits per heavy atom. The van der Waals surface area contributed by atoms with Gasteiger partial charge in [-0.25, -0.2) is 0 Å². The number of hydrogen-bond acceptors (Lipinski definition) is 0. The minimum absolute atomic E-state index is 0. The molecule has 0 unspecified atom stereocenters. The van der Waals surface area contributed by atoms with Gasteiger partial charge in [0.2, 0.25) is 0 Å². The summed E-state index contributed by atoms with van der Waals surface area (Å²) >= 11 is -0.106. The molecule has 4 heteroatoms. The zero-order chi connectivity index (χ0) is 6.24. The van der Waals surface area contributed by atoms with Crippen LogP contribution in [0.2, 0.25) is 0 Å². The summed E-state index contributed by atoms with van der Waals surface area (Å²) in [5.74, 6) is 0. The van der Waals surface area contributed by atoms with Gasteiger partial charge in [-0.3, -0.25) is 0 Å². The summed E-state index contributed by atoms with van der Waals surface area (Å²) in [7, 11) is 9.63. The summed E-state index contributed by atoms with van der Waals surface area (Å²) < 4.78 is 0. The van der Waals surface area contributed by atoms with Crippen LogP contribution in [0.5, 0.6) is 0 Å². The van der Waals surface area contributed by atoms with Crippen molar-refractivity contribution in [1.82, 2.24) is 0 Å². The Morgan fingerprint density at radius 2 is 1.44 bits per heavy atom. The molecule has 0 bridgehead atoms. The van der Waals surface area contributed by atoms with E-state index in [1.165, 1.54) is 0 Å². The minimum Gasteiger partial charge on any atom is 0 e. The molecule has 0 nitrogen and oxygen atoms in total. The van der Waals surface area contributed by atoms with E-state index in [0.717, 1.165) is 6.42 Å². The third-order valence-corrected chi connectivity index (χ3v) is 0.655. The Morgan fingerprint density at radius 1 is 1.11 bits per heavy atom. The van der Waals surface area contributed by atoms with E-state index in [1.54, 1.807) is 0 Å². The Labute approximate surface area is 82.3 Å². The van der Waals surface area contributed by atoms with Crippen molar-refractivity contribution >= 4 is 19.1 Å². The van der Waals surface area contributed by atoms with E-state index in [2.05, 4.69) is 24.3 Å². The molecule has 0 saturated heterocycles. The predicted molar refractivity (Wildman–Crippen MR) is 34.6 cm³/mol. The Bertz CT molecular complexity index is 83.0. The summed E-state index contributed by atoms with van der Waals surface area (Å²) in [6.07, 6.45) is 9.50. The number of rotatable bonds is 0. The van der Waals surface area contributed by atoms with Crippen LogP contribution in [-0.2, 0) is 33.0 Å². The van der Waals surface area contributed by atoms with Crippen LogP contribution in [0.25, 0.3) is 0 Å². The Balaban J connectivity index is 0. The molecule has 0 radical (unpaired) electrons. The molecule has 1 aliphatic rings. The fourth-order valence-electron chi connectivity index (χ4n) is 0.393. The van der Waals surface area contributed by atoms with Crippen LogP contribution in [0.1, 0.15) is 6.42 Å². The summed E-state index contributed by atoms with van der Waals surface area (Å²) in [4.78, 5) is 0. The zero-order valence-corrected chi connectivity index (χ0v) is 8.61. The SMILES string of the molecule is C1=CCC=C1.[Cl][Pd][Cl].[Fe]. The monoisotopic (exact) mass is 298 g/mol. The van der Waals surface area contributed by atoms with Gasteiger partial charge >= 0.3 is 35.0 Å². The van der Waals surface area contributed by atoms with E-state index in [-0.39, 0.29) is 33.0 Å². The van der Waals surface area contributed by atoms with Crippen molar-refractivity contribution < 1.29 is 33.0 Å². The van der Waals surface area contributed by atoms with Gasteiger partial charge < -0.3 is 0 Å². The molecule has 0 aliphatic heterocycles. The Hall–Kier alpha value is 1.24. The molecule has 0 amide bonds. The molecule has 0 atom stereocenters. The molecular formula is C5H6Cl2FePd. The van der Waals surface area contributed by atoms with Gasteiger partial charge in [0.1, 0.15) is 0 Å². The summed E-state index contributed by atoms with van der Waals surface area (Å²) in [6, 6.07) is 0. The van der Waals surface area contributed by atoms with Gasteiger partial charge in [-0.2, -0.15) is 0 Å². The average Bonchev–Trinajstić information content (AvgIpc) is 2.17. The first-order valence-electron chi connectivity index (χ1n) is 2.06. The first-order chi connectivity index (χ1) is 3.91. The molecule has 0 saturated carbocycles. The van der Waals surface area contributed by atoms with E-state index in [4.69, 9.17) is 19.1 Å². The summed E-state index contributed by atoms with van der Waals surface area (Å²) in [5, 5.41) is 0. The molecule has 0 aromatic rings. The molecule has 0 heterocycles. The van der Waals surface area contributed by atoms with Crippen molar-refractivity contribution in [2.45, 2.75) is 6.42 Å². The maximum Gasteiger partial charge on any atom is 0 e. The number of halogens is 2. The number of hydrogen-bond donors (Lipinski definition) is 0. The van der Waals surface area contributed by atoms with E-state index in [0.29, 0.717) is 0 Å².